The van der Waals surface area contributed by atoms with Crippen molar-refractivity contribution in [2.45, 2.75) is 38.0 Å². The minimum Gasteiger partial charge on any atom is -0.341 e. The van der Waals surface area contributed by atoms with Gasteiger partial charge in [0, 0.05) is 6.20 Å². The van der Waals surface area contributed by atoms with Gasteiger partial charge >= 0.3 is 6.18 Å². The van der Waals surface area contributed by atoms with Crippen molar-refractivity contribution in [2.75, 3.05) is 0 Å². The fourth-order valence-corrected chi connectivity index (χ4v) is 3.35. The molecule has 0 aliphatic heterocycles. The van der Waals surface area contributed by atoms with Crippen LogP contribution in [0, 0.1) is 0 Å². The number of rotatable bonds is 3. The molecule has 1 aliphatic rings. The molecule has 0 saturated heterocycles. The second-order valence-corrected chi connectivity index (χ2v) is 6.29. The third-order valence-corrected chi connectivity index (χ3v) is 4.57. The monoisotopic (exact) mass is 346 g/mol. The van der Waals surface area contributed by atoms with Gasteiger partial charge in [0.2, 0.25) is 0 Å². The molecule has 0 radical (unpaired) electrons. The Morgan fingerprint density at radius 2 is 2.12 bits per heavy atom. The average molecular weight is 346 g/mol. The van der Waals surface area contributed by atoms with E-state index >= 15 is 0 Å². The number of halogens is 3. The number of aryl methyl sites for hydroxylation is 1. The first kappa shape index (κ1) is 16.1. The maximum Gasteiger partial charge on any atom is 0.416 e. The Bertz CT molecular complexity index is 901. The van der Waals surface area contributed by atoms with E-state index in [2.05, 4.69) is 26.3 Å². The molecule has 1 aliphatic carbocycles. The highest BCUT2D eigenvalue weighted by Crippen LogP contribution is 2.31. The number of aromatic nitrogens is 3. The van der Waals surface area contributed by atoms with Crippen LogP contribution in [-0.4, -0.2) is 15.0 Å². The third-order valence-electron chi connectivity index (χ3n) is 4.57. The maximum atomic E-state index is 12.8. The van der Waals surface area contributed by atoms with Crippen molar-refractivity contribution in [1.29, 1.82) is 0 Å². The molecule has 1 atom stereocenters. The normalized spacial score (nSPS) is 17.6. The van der Waals surface area contributed by atoms with Gasteiger partial charge in [-0.05, 0) is 49.1 Å². The predicted octanol–water partition coefficient (Wildman–Crippen LogP) is 4.14. The molecule has 25 heavy (non-hydrogen) atoms. The average Bonchev–Trinajstić information content (AvgIpc) is 3.01. The maximum absolute atomic E-state index is 12.8. The zero-order valence-electron chi connectivity index (χ0n) is 13.4. The van der Waals surface area contributed by atoms with Gasteiger partial charge < -0.3 is 10.3 Å². The van der Waals surface area contributed by atoms with Crippen LogP contribution in [0.4, 0.5) is 13.2 Å². The Kier molecular flexibility index (Phi) is 3.95. The Balaban J connectivity index is 1.52. The molecule has 0 saturated carbocycles. The molecule has 0 bridgehead atoms. The zero-order valence-corrected chi connectivity index (χ0v) is 13.4. The van der Waals surface area contributed by atoms with E-state index in [9.17, 15) is 13.2 Å². The number of aromatic amines is 1. The predicted molar refractivity (Wildman–Crippen MR) is 87.9 cm³/mol. The number of imidazole rings is 1. The zero-order chi connectivity index (χ0) is 17.4. The summed E-state index contributed by atoms with van der Waals surface area (Å²) in [6.45, 7) is 0.455. The minimum absolute atomic E-state index is 0.142. The van der Waals surface area contributed by atoms with Gasteiger partial charge in [0.25, 0.3) is 0 Å². The SMILES string of the molecule is FC(F)(F)c1ccc2nc(CNC3CCCc4cccnc43)[nH]c2c1. The Hall–Kier alpha value is -2.41. The fraction of sp³-hybridized carbons (Fsp3) is 0.333. The first-order valence-electron chi connectivity index (χ1n) is 8.24. The van der Waals surface area contributed by atoms with E-state index in [4.69, 9.17) is 0 Å². The lowest BCUT2D eigenvalue weighted by atomic mass is 9.92. The Morgan fingerprint density at radius 3 is 2.96 bits per heavy atom. The molecule has 130 valence electrons. The number of hydrogen-bond donors (Lipinski definition) is 2. The van der Waals surface area contributed by atoms with E-state index in [0.29, 0.717) is 23.4 Å². The number of nitrogens with one attached hydrogen (secondary N) is 2. The van der Waals surface area contributed by atoms with Gasteiger partial charge in [-0.1, -0.05) is 6.07 Å². The summed E-state index contributed by atoms with van der Waals surface area (Å²) in [5.74, 6) is 0.623. The molecule has 0 fully saturated rings. The van der Waals surface area contributed by atoms with Gasteiger partial charge in [0.1, 0.15) is 5.82 Å². The van der Waals surface area contributed by atoms with Gasteiger partial charge in [0.05, 0.1) is 34.9 Å². The lowest BCUT2D eigenvalue weighted by Crippen LogP contribution is -2.26. The highest BCUT2D eigenvalue weighted by Gasteiger charge is 2.30. The van der Waals surface area contributed by atoms with Crippen LogP contribution in [0.2, 0.25) is 0 Å². The summed E-state index contributed by atoms with van der Waals surface area (Å²) in [5, 5.41) is 3.42. The molecule has 2 heterocycles. The van der Waals surface area contributed by atoms with Gasteiger partial charge in [-0.15, -0.1) is 0 Å². The summed E-state index contributed by atoms with van der Waals surface area (Å²) in [7, 11) is 0. The van der Waals surface area contributed by atoms with Gasteiger partial charge in [-0.3, -0.25) is 4.98 Å². The number of benzene rings is 1. The number of hydrogen-bond acceptors (Lipinski definition) is 3. The van der Waals surface area contributed by atoms with Crippen molar-refractivity contribution in [2.24, 2.45) is 0 Å². The van der Waals surface area contributed by atoms with Crippen LogP contribution in [0.5, 0.6) is 0 Å². The second kappa shape index (κ2) is 6.15. The summed E-state index contributed by atoms with van der Waals surface area (Å²) in [6, 6.07) is 7.74. The standard InChI is InChI=1S/C18H17F3N4/c19-18(20,21)12-6-7-13-15(9-12)25-16(24-13)10-23-14-5-1-3-11-4-2-8-22-17(11)14/h2,4,6-9,14,23H,1,3,5,10H2,(H,24,25). The largest absolute Gasteiger partial charge is 0.416 e. The first-order valence-corrected chi connectivity index (χ1v) is 8.24. The van der Waals surface area contributed by atoms with E-state index < -0.39 is 11.7 Å². The molecule has 2 aromatic heterocycles. The van der Waals surface area contributed by atoms with E-state index in [1.165, 1.54) is 11.6 Å². The second-order valence-electron chi connectivity index (χ2n) is 6.29. The molecular formula is C18H17F3N4. The van der Waals surface area contributed by atoms with E-state index in [1.807, 2.05) is 6.07 Å². The fourth-order valence-electron chi connectivity index (χ4n) is 3.35. The number of alkyl halides is 3. The Morgan fingerprint density at radius 1 is 1.24 bits per heavy atom. The summed E-state index contributed by atoms with van der Waals surface area (Å²) in [4.78, 5) is 11.8. The molecule has 7 heteroatoms. The topological polar surface area (TPSA) is 53.6 Å². The number of nitrogens with zero attached hydrogens (tertiary/aromatic N) is 2. The number of pyridine rings is 1. The Labute approximate surface area is 142 Å². The number of H-pyrrole nitrogens is 1. The molecule has 4 rings (SSSR count). The van der Waals surface area contributed by atoms with Crippen LogP contribution in [0.1, 0.15) is 41.5 Å². The highest BCUT2D eigenvalue weighted by molar-refractivity contribution is 5.76. The third kappa shape index (κ3) is 3.24. The van der Waals surface area contributed by atoms with E-state index in [0.717, 1.165) is 37.1 Å². The molecule has 4 nitrogen and oxygen atoms in total. The van der Waals surface area contributed by atoms with Crippen LogP contribution in [0.3, 0.4) is 0 Å². The van der Waals surface area contributed by atoms with Crippen LogP contribution < -0.4 is 5.32 Å². The van der Waals surface area contributed by atoms with Gasteiger partial charge in [-0.2, -0.15) is 13.2 Å². The van der Waals surface area contributed by atoms with Crippen LogP contribution >= 0.6 is 0 Å². The molecule has 2 N–H and O–H groups in total. The summed E-state index contributed by atoms with van der Waals surface area (Å²) >= 11 is 0. The van der Waals surface area contributed by atoms with E-state index in [-0.39, 0.29) is 6.04 Å². The van der Waals surface area contributed by atoms with Crippen molar-refractivity contribution in [3.05, 3.63) is 59.2 Å². The molecular weight excluding hydrogens is 329 g/mol. The van der Waals surface area contributed by atoms with Crippen LogP contribution in [0.25, 0.3) is 11.0 Å². The molecule has 1 aromatic carbocycles. The van der Waals surface area contributed by atoms with Crippen molar-refractivity contribution >= 4 is 11.0 Å². The molecule has 3 aromatic rings. The van der Waals surface area contributed by atoms with Crippen molar-refractivity contribution in [3.8, 4) is 0 Å². The minimum atomic E-state index is -4.35. The van der Waals surface area contributed by atoms with E-state index in [1.54, 1.807) is 6.20 Å². The van der Waals surface area contributed by atoms with Crippen LogP contribution in [-0.2, 0) is 19.1 Å². The lowest BCUT2D eigenvalue weighted by Gasteiger charge is -2.24. The molecule has 1 unspecified atom stereocenters. The number of fused-ring (bicyclic) bond motifs is 2. The first-order chi connectivity index (χ1) is 12.0. The molecule has 0 spiro atoms. The quantitative estimate of drug-likeness (QED) is 0.749. The smallest absolute Gasteiger partial charge is 0.341 e. The lowest BCUT2D eigenvalue weighted by molar-refractivity contribution is -0.137. The summed E-state index contributed by atoms with van der Waals surface area (Å²) in [5.41, 5.74) is 2.57. The summed E-state index contributed by atoms with van der Waals surface area (Å²) in [6.07, 6.45) is 0.550. The van der Waals surface area contributed by atoms with Crippen molar-refractivity contribution in [3.63, 3.8) is 0 Å². The van der Waals surface area contributed by atoms with Gasteiger partial charge in [0.15, 0.2) is 0 Å². The van der Waals surface area contributed by atoms with Crippen molar-refractivity contribution in [1.82, 2.24) is 20.3 Å². The summed E-state index contributed by atoms with van der Waals surface area (Å²) < 4.78 is 38.4. The van der Waals surface area contributed by atoms with Gasteiger partial charge in [-0.25, -0.2) is 4.98 Å². The molecule has 0 amide bonds. The highest BCUT2D eigenvalue weighted by atomic mass is 19.4. The van der Waals surface area contributed by atoms with Crippen LogP contribution in [0.15, 0.2) is 36.5 Å². The van der Waals surface area contributed by atoms with Crippen molar-refractivity contribution < 1.29 is 13.2 Å².